The largest absolute Gasteiger partial charge is 0.264 e. The van der Waals surface area contributed by atoms with Crippen molar-refractivity contribution in [1.82, 2.24) is 19.6 Å². The Kier molecular flexibility index (Phi) is 2.80. The zero-order valence-corrected chi connectivity index (χ0v) is 12.3. The molecule has 0 saturated heterocycles. The molecule has 0 aromatic carbocycles. The minimum absolute atomic E-state index is 0.174. The number of aromatic nitrogens is 4. The van der Waals surface area contributed by atoms with E-state index in [9.17, 15) is 5.26 Å². The highest BCUT2D eigenvalue weighted by atomic mass is 32.1. The molecule has 0 aliphatic carbocycles. The van der Waals surface area contributed by atoms with E-state index >= 15 is 0 Å². The normalized spacial score (nSPS) is 11.7. The van der Waals surface area contributed by atoms with Gasteiger partial charge in [-0.15, -0.1) is 0 Å². The molecule has 0 saturated carbocycles. The predicted molar refractivity (Wildman–Crippen MR) is 77.5 cm³/mol. The van der Waals surface area contributed by atoms with E-state index in [1.807, 2.05) is 32.9 Å². The van der Waals surface area contributed by atoms with Gasteiger partial charge in [-0.05, 0) is 12.1 Å². The van der Waals surface area contributed by atoms with Gasteiger partial charge in [-0.25, -0.2) is 4.98 Å². The third-order valence-electron chi connectivity index (χ3n) is 2.93. The standard InChI is InChI=1S/C14H13N5S/c1-14(2,3)11-10(7-15)19-13(17-11)20-12(18-19)9-5-4-6-16-8-9/h4-6,8H,1-3H3. The van der Waals surface area contributed by atoms with Gasteiger partial charge < -0.3 is 0 Å². The van der Waals surface area contributed by atoms with Gasteiger partial charge in [-0.2, -0.15) is 14.9 Å². The van der Waals surface area contributed by atoms with Crippen LogP contribution < -0.4 is 0 Å². The Bertz CT molecular complexity index is 802. The average molecular weight is 283 g/mol. The van der Waals surface area contributed by atoms with Gasteiger partial charge in [0.05, 0.1) is 5.69 Å². The Morgan fingerprint density at radius 2 is 2.15 bits per heavy atom. The Morgan fingerprint density at radius 3 is 2.75 bits per heavy atom. The maximum atomic E-state index is 9.39. The molecule has 0 spiro atoms. The van der Waals surface area contributed by atoms with Gasteiger partial charge in [0.25, 0.3) is 0 Å². The molecule has 0 aliphatic rings. The molecule has 0 unspecified atom stereocenters. The van der Waals surface area contributed by atoms with E-state index in [2.05, 4.69) is 21.1 Å². The SMILES string of the molecule is CC(C)(C)c1nc2sc(-c3cccnc3)nn2c1C#N. The molecule has 0 aliphatic heterocycles. The number of rotatable bonds is 1. The summed E-state index contributed by atoms with van der Waals surface area (Å²) >= 11 is 1.47. The number of nitriles is 1. The monoisotopic (exact) mass is 283 g/mol. The van der Waals surface area contributed by atoms with Crippen molar-refractivity contribution in [3.8, 4) is 16.6 Å². The van der Waals surface area contributed by atoms with E-state index in [0.29, 0.717) is 5.69 Å². The summed E-state index contributed by atoms with van der Waals surface area (Å²) in [7, 11) is 0. The highest BCUT2D eigenvalue weighted by molar-refractivity contribution is 7.19. The van der Waals surface area contributed by atoms with Crippen molar-refractivity contribution in [2.45, 2.75) is 26.2 Å². The molecule has 3 aromatic rings. The van der Waals surface area contributed by atoms with Crippen LogP contribution in [0.25, 0.3) is 15.5 Å². The van der Waals surface area contributed by atoms with Crippen molar-refractivity contribution >= 4 is 16.3 Å². The van der Waals surface area contributed by atoms with E-state index in [4.69, 9.17) is 0 Å². The Hall–Kier alpha value is -2.26. The summed E-state index contributed by atoms with van der Waals surface area (Å²) in [6.07, 6.45) is 3.48. The summed E-state index contributed by atoms with van der Waals surface area (Å²) in [6.45, 7) is 6.13. The van der Waals surface area contributed by atoms with Crippen molar-refractivity contribution in [2.75, 3.05) is 0 Å². The van der Waals surface area contributed by atoms with Crippen molar-refractivity contribution < 1.29 is 0 Å². The van der Waals surface area contributed by atoms with E-state index in [0.717, 1.165) is 21.2 Å². The molecule has 6 heteroatoms. The van der Waals surface area contributed by atoms with Crippen LogP contribution in [0.4, 0.5) is 0 Å². The third kappa shape index (κ3) is 1.96. The van der Waals surface area contributed by atoms with Gasteiger partial charge in [-0.1, -0.05) is 32.1 Å². The predicted octanol–water partition coefficient (Wildman–Crippen LogP) is 3.02. The summed E-state index contributed by atoms with van der Waals surface area (Å²) in [5.41, 5.74) is 2.06. The molecule has 0 N–H and O–H groups in total. The summed E-state index contributed by atoms with van der Waals surface area (Å²) < 4.78 is 1.63. The molecule has 3 aromatic heterocycles. The summed E-state index contributed by atoms with van der Waals surface area (Å²) in [5, 5.41) is 14.7. The van der Waals surface area contributed by atoms with Gasteiger partial charge in [0.2, 0.25) is 4.96 Å². The Morgan fingerprint density at radius 1 is 1.35 bits per heavy atom. The molecule has 0 amide bonds. The minimum Gasteiger partial charge on any atom is -0.264 e. The van der Waals surface area contributed by atoms with Crippen LogP contribution in [0.5, 0.6) is 0 Å². The summed E-state index contributed by atoms with van der Waals surface area (Å²) in [6, 6.07) is 6.03. The number of fused-ring (bicyclic) bond motifs is 1. The molecule has 3 heterocycles. The van der Waals surface area contributed by atoms with Gasteiger partial charge in [0.1, 0.15) is 11.1 Å². The fraction of sp³-hybridized carbons (Fsp3) is 0.286. The van der Waals surface area contributed by atoms with Crippen molar-refractivity contribution in [2.24, 2.45) is 0 Å². The molecule has 0 atom stereocenters. The van der Waals surface area contributed by atoms with E-state index in [-0.39, 0.29) is 5.41 Å². The fourth-order valence-electron chi connectivity index (χ4n) is 1.98. The number of hydrogen-bond acceptors (Lipinski definition) is 5. The van der Waals surface area contributed by atoms with Crippen LogP contribution in [0.2, 0.25) is 0 Å². The smallest absolute Gasteiger partial charge is 0.214 e. The second-order valence-corrected chi connectivity index (χ2v) is 6.47. The fourth-order valence-corrected chi connectivity index (χ4v) is 2.87. The zero-order valence-electron chi connectivity index (χ0n) is 11.5. The first kappa shape index (κ1) is 12.8. The Labute approximate surface area is 120 Å². The van der Waals surface area contributed by atoms with Crippen molar-refractivity contribution in [3.63, 3.8) is 0 Å². The lowest BCUT2D eigenvalue weighted by Crippen LogP contribution is -2.14. The van der Waals surface area contributed by atoms with Crippen molar-refractivity contribution in [1.29, 1.82) is 5.26 Å². The quantitative estimate of drug-likeness (QED) is 0.688. The summed E-state index contributed by atoms with van der Waals surface area (Å²) in [5.74, 6) is 0. The van der Waals surface area contributed by atoms with Gasteiger partial charge in [0.15, 0.2) is 5.69 Å². The third-order valence-corrected chi connectivity index (χ3v) is 3.89. The second kappa shape index (κ2) is 4.39. The zero-order chi connectivity index (χ0) is 14.3. The van der Waals surface area contributed by atoms with E-state index in [1.165, 1.54) is 11.3 Å². The summed E-state index contributed by atoms with van der Waals surface area (Å²) in [4.78, 5) is 9.41. The van der Waals surface area contributed by atoms with Gasteiger partial charge in [-0.3, -0.25) is 4.98 Å². The maximum Gasteiger partial charge on any atom is 0.214 e. The van der Waals surface area contributed by atoms with Crippen molar-refractivity contribution in [3.05, 3.63) is 35.9 Å². The topological polar surface area (TPSA) is 66.9 Å². The average Bonchev–Trinajstić information content (AvgIpc) is 2.95. The van der Waals surface area contributed by atoms with Crippen LogP contribution in [0, 0.1) is 11.3 Å². The first-order valence-corrected chi connectivity index (χ1v) is 7.03. The van der Waals surface area contributed by atoms with Crippen LogP contribution in [-0.2, 0) is 5.41 Å². The molecule has 0 fully saturated rings. The number of pyridine rings is 1. The molecule has 3 rings (SSSR count). The molecule has 5 nitrogen and oxygen atoms in total. The van der Waals surface area contributed by atoms with Crippen LogP contribution in [0.1, 0.15) is 32.2 Å². The lowest BCUT2D eigenvalue weighted by molar-refractivity contribution is 0.570. The highest BCUT2D eigenvalue weighted by Crippen LogP contribution is 2.30. The van der Waals surface area contributed by atoms with Crippen LogP contribution in [0.3, 0.4) is 0 Å². The number of imidazole rings is 1. The molecular weight excluding hydrogens is 270 g/mol. The van der Waals surface area contributed by atoms with E-state index < -0.39 is 0 Å². The first-order chi connectivity index (χ1) is 9.50. The molecule has 0 radical (unpaired) electrons. The second-order valence-electron chi connectivity index (χ2n) is 5.51. The lowest BCUT2D eigenvalue weighted by atomic mass is 9.91. The van der Waals surface area contributed by atoms with Crippen LogP contribution >= 0.6 is 11.3 Å². The maximum absolute atomic E-state index is 9.39. The highest BCUT2D eigenvalue weighted by Gasteiger charge is 2.26. The minimum atomic E-state index is -0.174. The molecular formula is C14H13N5S. The number of nitrogens with zero attached hydrogens (tertiary/aromatic N) is 5. The Balaban J connectivity index is 2.20. The first-order valence-electron chi connectivity index (χ1n) is 6.21. The lowest BCUT2D eigenvalue weighted by Gasteiger charge is -2.14. The van der Waals surface area contributed by atoms with E-state index in [1.54, 1.807) is 16.9 Å². The molecule has 100 valence electrons. The molecule has 0 bridgehead atoms. The van der Waals surface area contributed by atoms with Crippen LogP contribution in [-0.4, -0.2) is 19.6 Å². The van der Waals surface area contributed by atoms with Gasteiger partial charge >= 0.3 is 0 Å². The number of hydrogen-bond donors (Lipinski definition) is 0. The van der Waals surface area contributed by atoms with Crippen LogP contribution in [0.15, 0.2) is 24.5 Å². The molecule has 20 heavy (non-hydrogen) atoms. The van der Waals surface area contributed by atoms with Gasteiger partial charge in [0, 0.05) is 23.4 Å².